The Balaban J connectivity index is 2.70. The topological polar surface area (TPSA) is 26.1 Å². The monoisotopic (exact) mass is 177 g/mol. The van der Waals surface area contributed by atoms with Gasteiger partial charge in [-0.15, -0.1) is 0 Å². The maximum Gasteiger partial charge on any atom is 0.178 e. The summed E-state index contributed by atoms with van der Waals surface area (Å²) in [6, 6.07) is 9.78. The zero-order valence-corrected chi connectivity index (χ0v) is 8.16. The van der Waals surface area contributed by atoms with Crippen LogP contribution in [0.1, 0.15) is 25.8 Å². The predicted octanol–water partition coefficient (Wildman–Crippen LogP) is 2.57. The number of hydrogen-bond acceptors (Lipinski definition) is 1. The molecule has 0 N–H and O–H groups in total. The molecule has 0 aliphatic heterocycles. The van der Waals surface area contributed by atoms with E-state index in [1.165, 1.54) is 0 Å². The Morgan fingerprint density at radius 2 is 1.92 bits per heavy atom. The van der Waals surface area contributed by atoms with Crippen molar-refractivity contribution in [2.75, 3.05) is 0 Å². The molecule has 1 aromatic rings. The average molecular weight is 177 g/mol. The number of nitrogens with zero attached hydrogens (tertiary/aromatic N) is 1. The molecule has 0 bridgehead atoms. The normalized spacial score (nSPS) is 12.5. The second-order valence-corrected chi connectivity index (χ2v) is 3.11. The summed E-state index contributed by atoms with van der Waals surface area (Å²) in [6.45, 7) is 4.32. The van der Waals surface area contributed by atoms with E-state index in [-0.39, 0.29) is 0 Å². The lowest BCUT2D eigenvalue weighted by atomic mass is 10.2. The van der Waals surface area contributed by atoms with Crippen molar-refractivity contribution in [3.8, 4) is 0 Å². The van der Waals surface area contributed by atoms with Gasteiger partial charge in [0.1, 0.15) is 0 Å². The predicted molar refractivity (Wildman–Crippen MR) is 54.7 cm³/mol. The summed E-state index contributed by atoms with van der Waals surface area (Å²) in [5.74, 6) is 0. The molecular weight excluding hydrogens is 162 g/mol. The first-order chi connectivity index (χ1) is 6.24. The molecule has 0 spiro atoms. The van der Waals surface area contributed by atoms with Crippen LogP contribution in [0.3, 0.4) is 0 Å². The Kier molecular flexibility index (Phi) is 3.50. The summed E-state index contributed by atoms with van der Waals surface area (Å²) in [5.41, 5.74) is 1.94. The van der Waals surface area contributed by atoms with Gasteiger partial charge in [0.25, 0.3) is 0 Å². The highest BCUT2D eigenvalue weighted by atomic mass is 16.5. The molecule has 2 nitrogen and oxygen atoms in total. The number of rotatable bonds is 3. The van der Waals surface area contributed by atoms with Crippen molar-refractivity contribution in [3.63, 3.8) is 0 Å². The van der Waals surface area contributed by atoms with Crippen LogP contribution in [0.25, 0.3) is 0 Å². The minimum absolute atomic E-state index is 0.459. The Bertz CT molecular complexity index is 290. The highest BCUT2D eigenvalue weighted by Gasteiger charge is 2.00. The molecule has 0 amide bonds. The molecular formula is C11H15NO. The van der Waals surface area contributed by atoms with Gasteiger partial charge in [0, 0.05) is 18.9 Å². The van der Waals surface area contributed by atoms with E-state index in [4.69, 9.17) is 0 Å². The quantitative estimate of drug-likeness (QED) is 0.301. The van der Waals surface area contributed by atoms with Crippen molar-refractivity contribution < 1.29 is 4.74 Å². The van der Waals surface area contributed by atoms with Crippen LogP contribution >= 0.6 is 0 Å². The van der Waals surface area contributed by atoms with Gasteiger partial charge < -0.3 is 5.21 Å². The zero-order chi connectivity index (χ0) is 9.68. The summed E-state index contributed by atoms with van der Waals surface area (Å²) < 4.78 is 1.05. The van der Waals surface area contributed by atoms with E-state index in [9.17, 15) is 5.21 Å². The van der Waals surface area contributed by atoms with Gasteiger partial charge in [-0.3, -0.25) is 0 Å². The van der Waals surface area contributed by atoms with Gasteiger partial charge in [-0.1, -0.05) is 37.3 Å². The number of hydrogen-bond donors (Lipinski definition) is 0. The van der Waals surface area contributed by atoms with E-state index < -0.39 is 0 Å². The highest BCUT2D eigenvalue weighted by molar-refractivity contribution is 5.76. The fourth-order valence-corrected chi connectivity index (χ4v) is 1.06. The van der Waals surface area contributed by atoms with E-state index >= 15 is 0 Å². The molecule has 0 saturated heterocycles. The second-order valence-electron chi connectivity index (χ2n) is 3.11. The second kappa shape index (κ2) is 4.65. The first-order valence-electron chi connectivity index (χ1n) is 4.55. The van der Waals surface area contributed by atoms with E-state index in [1.54, 1.807) is 0 Å². The zero-order valence-electron chi connectivity index (χ0n) is 8.16. The number of benzene rings is 1. The van der Waals surface area contributed by atoms with Crippen molar-refractivity contribution in [2.45, 2.75) is 26.8 Å². The third kappa shape index (κ3) is 2.90. The molecule has 1 rings (SSSR count). The van der Waals surface area contributed by atoms with Crippen molar-refractivity contribution in [3.05, 3.63) is 41.1 Å². The molecule has 0 fully saturated rings. The van der Waals surface area contributed by atoms with Crippen LogP contribution in [0.4, 0.5) is 0 Å². The van der Waals surface area contributed by atoms with Crippen molar-refractivity contribution in [1.82, 2.24) is 0 Å². The summed E-state index contributed by atoms with van der Waals surface area (Å²) >= 11 is 0. The molecule has 0 radical (unpaired) electrons. The SMILES string of the molecule is CC/C(C)=[N+](/[O-])Cc1ccccc1. The van der Waals surface area contributed by atoms with E-state index in [2.05, 4.69) is 0 Å². The average Bonchev–Trinajstić information content (AvgIpc) is 2.18. The van der Waals surface area contributed by atoms with Crippen LogP contribution < -0.4 is 0 Å². The van der Waals surface area contributed by atoms with Gasteiger partial charge >= 0.3 is 0 Å². The van der Waals surface area contributed by atoms with Gasteiger partial charge in [0.05, 0.1) is 0 Å². The largest absolute Gasteiger partial charge is 0.624 e. The van der Waals surface area contributed by atoms with Crippen molar-refractivity contribution in [1.29, 1.82) is 0 Å². The van der Waals surface area contributed by atoms with Crippen LogP contribution in [0.5, 0.6) is 0 Å². The van der Waals surface area contributed by atoms with E-state index in [1.807, 2.05) is 44.2 Å². The molecule has 13 heavy (non-hydrogen) atoms. The van der Waals surface area contributed by atoms with Crippen LogP contribution in [-0.2, 0) is 6.54 Å². The van der Waals surface area contributed by atoms with Crippen LogP contribution in [0, 0.1) is 5.21 Å². The molecule has 0 atom stereocenters. The fraction of sp³-hybridized carbons (Fsp3) is 0.364. The van der Waals surface area contributed by atoms with Gasteiger partial charge in [0.15, 0.2) is 12.3 Å². The Labute approximate surface area is 79.1 Å². The Hall–Kier alpha value is -1.31. The lowest BCUT2D eigenvalue weighted by Crippen LogP contribution is -2.11. The third-order valence-corrected chi connectivity index (χ3v) is 2.11. The molecule has 0 heterocycles. The minimum atomic E-state index is 0.459. The fourth-order valence-electron chi connectivity index (χ4n) is 1.06. The smallest absolute Gasteiger partial charge is 0.178 e. The molecule has 0 aliphatic carbocycles. The van der Waals surface area contributed by atoms with Gasteiger partial charge in [-0.2, -0.15) is 0 Å². The summed E-state index contributed by atoms with van der Waals surface area (Å²) in [6.07, 6.45) is 0.816. The lowest BCUT2D eigenvalue weighted by molar-refractivity contribution is -0.476. The first-order valence-corrected chi connectivity index (χ1v) is 4.55. The van der Waals surface area contributed by atoms with Gasteiger partial charge in [-0.05, 0) is 0 Å². The Morgan fingerprint density at radius 3 is 2.46 bits per heavy atom. The molecule has 0 unspecified atom stereocenters. The third-order valence-electron chi connectivity index (χ3n) is 2.11. The Morgan fingerprint density at radius 1 is 1.31 bits per heavy atom. The highest BCUT2D eigenvalue weighted by Crippen LogP contribution is 2.00. The lowest BCUT2D eigenvalue weighted by Gasteiger charge is -2.06. The van der Waals surface area contributed by atoms with Crippen LogP contribution in [0.15, 0.2) is 30.3 Å². The first kappa shape index (κ1) is 9.78. The van der Waals surface area contributed by atoms with Crippen molar-refractivity contribution in [2.24, 2.45) is 0 Å². The molecule has 2 heteroatoms. The van der Waals surface area contributed by atoms with E-state index in [0.717, 1.165) is 22.4 Å². The summed E-state index contributed by atoms with van der Waals surface area (Å²) in [5, 5.41) is 11.4. The van der Waals surface area contributed by atoms with Gasteiger partial charge in [-0.25, -0.2) is 4.74 Å². The van der Waals surface area contributed by atoms with Crippen molar-refractivity contribution >= 4 is 5.71 Å². The van der Waals surface area contributed by atoms with E-state index in [0.29, 0.717) is 6.54 Å². The minimum Gasteiger partial charge on any atom is -0.624 e. The molecule has 0 aliphatic rings. The molecule has 1 aromatic carbocycles. The molecule has 0 saturated carbocycles. The standard InChI is InChI=1S/C11H15NO/c1-3-10(2)12(13)9-11-7-5-4-6-8-11/h4-8H,3,9H2,1-2H3/b12-10+. The maximum atomic E-state index is 11.4. The molecule has 70 valence electrons. The number of hydroxylamine groups is 1. The summed E-state index contributed by atoms with van der Waals surface area (Å²) in [7, 11) is 0. The van der Waals surface area contributed by atoms with Gasteiger partial charge in [0.2, 0.25) is 0 Å². The van der Waals surface area contributed by atoms with Crippen LogP contribution in [-0.4, -0.2) is 10.5 Å². The molecule has 0 aromatic heterocycles. The van der Waals surface area contributed by atoms with Crippen LogP contribution in [0.2, 0.25) is 0 Å². The maximum absolute atomic E-state index is 11.4. The summed E-state index contributed by atoms with van der Waals surface area (Å²) in [4.78, 5) is 0.